The van der Waals surface area contributed by atoms with Crippen LogP contribution in [0.15, 0.2) is 66.7 Å². The lowest BCUT2D eigenvalue weighted by Gasteiger charge is -2.40. The van der Waals surface area contributed by atoms with Gasteiger partial charge in [-0.25, -0.2) is 0 Å². The van der Waals surface area contributed by atoms with E-state index < -0.39 is 36.9 Å². The monoisotopic (exact) mass is 527 g/mol. The third-order valence-corrected chi connectivity index (χ3v) is 6.27. The predicted molar refractivity (Wildman–Crippen MR) is 126 cm³/mol. The van der Waals surface area contributed by atoms with Crippen molar-refractivity contribution in [1.29, 1.82) is 0 Å². The fourth-order valence-electron chi connectivity index (χ4n) is 4.63. The van der Waals surface area contributed by atoms with Gasteiger partial charge >= 0.3 is 18.7 Å². The van der Waals surface area contributed by atoms with Gasteiger partial charge in [-0.05, 0) is 65.4 Å². The Bertz CT molecular complexity index is 1230. The number of nitrogens with zero attached hydrogens (tertiary/aromatic N) is 1. The van der Waals surface area contributed by atoms with Crippen molar-refractivity contribution in [3.05, 3.63) is 77.9 Å². The fourth-order valence-corrected chi connectivity index (χ4v) is 4.63. The lowest BCUT2D eigenvalue weighted by atomic mass is 9.86. The highest BCUT2D eigenvalue weighted by Gasteiger charge is 2.44. The molecule has 0 aliphatic carbocycles. The van der Waals surface area contributed by atoms with Crippen LogP contribution in [0.4, 0.5) is 36.4 Å². The Balaban J connectivity index is 1.73. The first-order valence-corrected chi connectivity index (χ1v) is 11.5. The van der Waals surface area contributed by atoms with Gasteiger partial charge in [0.25, 0.3) is 0 Å². The molecule has 198 valence electrons. The molecule has 3 aromatic rings. The van der Waals surface area contributed by atoms with Crippen LogP contribution in [-0.2, 0) is 6.42 Å². The molecule has 0 spiro atoms. The van der Waals surface area contributed by atoms with Gasteiger partial charge < -0.3 is 14.4 Å². The molecule has 0 unspecified atom stereocenters. The van der Waals surface area contributed by atoms with Crippen LogP contribution >= 0.6 is 0 Å². The molecule has 0 radical (unpaired) electrons. The minimum Gasteiger partial charge on any atom is -0.497 e. The molecular formula is C27H24F7NO2. The second-order valence-corrected chi connectivity index (χ2v) is 8.69. The summed E-state index contributed by atoms with van der Waals surface area (Å²) in [5.74, 6) is 0.143. The van der Waals surface area contributed by atoms with Crippen molar-refractivity contribution in [3.8, 4) is 22.6 Å². The number of methoxy groups -OCH3 is 1. The third kappa shape index (κ3) is 6.11. The molecule has 3 nitrogen and oxygen atoms in total. The molecule has 4 rings (SSSR count). The van der Waals surface area contributed by atoms with E-state index in [9.17, 15) is 30.7 Å². The Hall–Kier alpha value is -3.43. The predicted octanol–water partition coefficient (Wildman–Crippen LogP) is 8.05. The molecule has 0 fully saturated rings. The minimum atomic E-state index is -4.70. The van der Waals surface area contributed by atoms with E-state index in [1.165, 1.54) is 19.2 Å². The van der Waals surface area contributed by atoms with E-state index in [0.717, 1.165) is 22.8 Å². The maximum absolute atomic E-state index is 13.5. The molecular weight excluding hydrogens is 503 g/mol. The number of rotatable bonds is 8. The second-order valence-electron chi connectivity index (χ2n) is 8.69. The summed E-state index contributed by atoms with van der Waals surface area (Å²) in [7, 11) is 1.54. The molecule has 10 heteroatoms. The summed E-state index contributed by atoms with van der Waals surface area (Å²) in [5.41, 5.74) is 3.52. The molecule has 3 aromatic carbocycles. The molecule has 0 N–H and O–H groups in total. The van der Waals surface area contributed by atoms with Crippen LogP contribution in [0.2, 0.25) is 0 Å². The summed E-state index contributed by atoms with van der Waals surface area (Å²) in [5, 5.41) is 0. The average molecular weight is 527 g/mol. The van der Waals surface area contributed by atoms with Crippen molar-refractivity contribution in [1.82, 2.24) is 0 Å². The van der Waals surface area contributed by atoms with Crippen LogP contribution in [0.1, 0.15) is 30.0 Å². The quantitative estimate of drug-likeness (QED) is 0.277. The number of anilines is 1. The highest BCUT2D eigenvalue weighted by Crippen LogP contribution is 2.44. The Morgan fingerprint density at radius 3 is 2.32 bits per heavy atom. The topological polar surface area (TPSA) is 21.7 Å². The van der Waals surface area contributed by atoms with Crippen LogP contribution in [0.5, 0.6) is 11.5 Å². The number of halogens is 7. The summed E-state index contributed by atoms with van der Waals surface area (Å²) in [6.07, 6.45) is -13.4. The molecule has 1 atom stereocenters. The average Bonchev–Trinajstić information content (AvgIpc) is 2.86. The van der Waals surface area contributed by atoms with Gasteiger partial charge in [0.05, 0.1) is 19.6 Å². The molecule has 0 bridgehead atoms. The van der Waals surface area contributed by atoms with Crippen LogP contribution in [-0.4, -0.2) is 32.4 Å². The van der Waals surface area contributed by atoms with Crippen molar-refractivity contribution in [2.75, 3.05) is 18.6 Å². The summed E-state index contributed by atoms with van der Waals surface area (Å²) in [6.45, 7) is -0.374. The van der Waals surface area contributed by atoms with Gasteiger partial charge in [-0.1, -0.05) is 36.4 Å². The van der Waals surface area contributed by atoms with E-state index in [-0.39, 0.29) is 6.54 Å². The molecule has 0 amide bonds. The SMILES string of the molecule is COc1cccc(-c2cccc3c2CC[C@H](c2cccc(OC(F)(F)C(F)F)c2)N3CCC(F)(F)F)c1. The molecule has 1 aliphatic rings. The van der Waals surface area contributed by atoms with Crippen molar-refractivity contribution >= 4 is 5.69 Å². The fraction of sp³-hybridized carbons (Fsp3) is 0.333. The number of fused-ring (bicyclic) bond motifs is 1. The third-order valence-electron chi connectivity index (χ3n) is 6.27. The van der Waals surface area contributed by atoms with E-state index in [1.807, 2.05) is 24.3 Å². The zero-order chi connectivity index (χ0) is 26.8. The Labute approximate surface area is 209 Å². The number of alkyl halides is 7. The summed E-state index contributed by atoms with van der Waals surface area (Å²) in [6, 6.07) is 17.3. The van der Waals surface area contributed by atoms with E-state index >= 15 is 0 Å². The Kier molecular flexibility index (Phi) is 7.57. The molecule has 0 aromatic heterocycles. The Morgan fingerprint density at radius 2 is 1.62 bits per heavy atom. The zero-order valence-electron chi connectivity index (χ0n) is 19.7. The number of hydrogen-bond donors (Lipinski definition) is 0. The summed E-state index contributed by atoms with van der Waals surface area (Å²) < 4.78 is 101. The second kappa shape index (κ2) is 10.5. The molecule has 0 saturated carbocycles. The van der Waals surface area contributed by atoms with Gasteiger partial charge in [-0.15, -0.1) is 0 Å². The first-order chi connectivity index (χ1) is 17.5. The first kappa shape index (κ1) is 26.6. The van der Waals surface area contributed by atoms with Crippen LogP contribution in [0.3, 0.4) is 0 Å². The lowest BCUT2D eigenvalue weighted by molar-refractivity contribution is -0.253. The van der Waals surface area contributed by atoms with E-state index in [2.05, 4.69) is 4.74 Å². The lowest BCUT2D eigenvalue weighted by Crippen LogP contribution is -2.36. The van der Waals surface area contributed by atoms with Crippen molar-refractivity contribution in [3.63, 3.8) is 0 Å². The van der Waals surface area contributed by atoms with Gasteiger partial charge in [0.2, 0.25) is 0 Å². The van der Waals surface area contributed by atoms with Crippen molar-refractivity contribution in [2.45, 2.75) is 44.0 Å². The van der Waals surface area contributed by atoms with E-state index in [1.54, 1.807) is 29.2 Å². The highest BCUT2D eigenvalue weighted by atomic mass is 19.4. The van der Waals surface area contributed by atoms with Crippen LogP contribution < -0.4 is 14.4 Å². The van der Waals surface area contributed by atoms with Crippen LogP contribution in [0, 0.1) is 0 Å². The maximum atomic E-state index is 13.5. The van der Waals surface area contributed by atoms with Crippen LogP contribution in [0.25, 0.3) is 11.1 Å². The van der Waals surface area contributed by atoms with E-state index in [0.29, 0.717) is 29.8 Å². The molecule has 0 saturated heterocycles. The normalized spacial score (nSPS) is 16.0. The standard InChI is InChI=1S/C27H24F7NO2/c1-36-19-7-2-5-17(15-19)21-9-4-10-24-22(21)11-12-23(35(24)14-13-26(30,31)32)18-6-3-8-20(16-18)37-27(33,34)25(28)29/h2-10,15-16,23,25H,11-14H2,1H3/t23-/m1/s1. The van der Waals surface area contributed by atoms with Gasteiger partial charge in [-0.3, -0.25) is 0 Å². The molecule has 37 heavy (non-hydrogen) atoms. The van der Waals surface area contributed by atoms with Gasteiger partial charge in [-0.2, -0.15) is 30.7 Å². The minimum absolute atomic E-state index is 0.374. The summed E-state index contributed by atoms with van der Waals surface area (Å²) in [4.78, 5) is 1.60. The van der Waals surface area contributed by atoms with E-state index in [4.69, 9.17) is 4.74 Å². The Morgan fingerprint density at radius 1 is 0.919 bits per heavy atom. The van der Waals surface area contributed by atoms with Crippen molar-refractivity contribution in [2.24, 2.45) is 0 Å². The number of benzene rings is 3. The maximum Gasteiger partial charge on any atom is 0.461 e. The largest absolute Gasteiger partial charge is 0.497 e. The smallest absolute Gasteiger partial charge is 0.461 e. The number of ether oxygens (including phenoxy) is 2. The first-order valence-electron chi connectivity index (χ1n) is 11.5. The molecule has 1 heterocycles. The van der Waals surface area contributed by atoms with Crippen molar-refractivity contribution < 1.29 is 40.2 Å². The molecule has 1 aliphatic heterocycles. The highest BCUT2D eigenvalue weighted by molar-refractivity contribution is 5.76. The van der Waals surface area contributed by atoms with Gasteiger partial charge in [0, 0.05) is 12.2 Å². The van der Waals surface area contributed by atoms with Gasteiger partial charge in [0.1, 0.15) is 11.5 Å². The van der Waals surface area contributed by atoms with Gasteiger partial charge in [0.15, 0.2) is 0 Å². The number of hydrogen-bond acceptors (Lipinski definition) is 3. The summed E-state index contributed by atoms with van der Waals surface area (Å²) >= 11 is 0. The zero-order valence-corrected chi connectivity index (χ0v) is 19.7.